The van der Waals surface area contributed by atoms with E-state index in [2.05, 4.69) is 121 Å². The molecule has 2 saturated carbocycles. The van der Waals surface area contributed by atoms with Gasteiger partial charge in [-0.05, 0) is 0 Å². The van der Waals surface area contributed by atoms with Gasteiger partial charge in [0, 0.05) is 0 Å². The van der Waals surface area contributed by atoms with Crippen molar-refractivity contribution < 1.29 is 12.5 Å². The summed E-state index contributed by atoms with van der Waals surface area (Å²) in [7, 11) is 17.7. The van der Waals surface area contributed by atoms with E-state index in [9.17, 15) is 0 Å². The Kier molecular flexibility index (Phi) is 9.75. The number of rotatable bonds is 8. The third-order valence-electron chi connectivity index (χ3n) is 9.62. The van der Waals surface area contributed by atoms with Gasteiger partial charge in [-0.3, -0.25) is 0 Å². The SMILES string of the molecule is [Cl][Pd]([Cl])([PH](c1ccccc1)(c1ccccc1)C1CCCCC1)[PH](c1ccccc1)(c1ccccc1)C1CCCCC1. The van der Waals surface area contributed by atoms with E-state index in [4.69, 9.17) is 19.1 Å². The molecule has 0 nitrogen and oxygen atoms in total. The van der Waals surface area contributed by atoms with Crippen LogP contribution in [0.15, 0.2) is 121 Å². The second kappa shape index (κ2) is 13.3. The van der Waals surface area contributed by atoms with Gasteiger partial charge in [0.25, 0.3) is 0 Å². The van der Waals surface area contributed by atoms with Crippen molar-refractivity contribution in [1.82, 2.24) is 0 Å². The molecule has 0 bridgehead atoms. The first-order valence-corrected chi connectivity index (χ1v) is 27.9. The molecule has 0 aromatic heterocycles. The normalized spacial score (nSPS) is 19.0. The van der Waals surface area contributed by atoms with Crippen LogP contribution in [0.4, 0.5) is 0 Å². The van der Waals surface area contributed by atoms with Gasteiger partial charge in [-0.25, -0.2) is 0 Å². The first kappa shape index (κ1) is 30.0. The number of benzene rings is 4. The maximum atomic E-state index is 8.83. The van der Waals surface area contributed by atoms with Crippen molar-refractivity contribution in [3.63, 3.8) is 0 Å². The molecule has 2 fully saturated rings. The van der Waals surface area contributed by atoms with E-state index < -0.39 is 23.4 Å². The first-order chi connectivity index (χ1) is 20.1. The van der Waals surface area contributed by atoms with E-state index in [1.165, 1.54) is 85.4 Å². The quantitative estimate of drug-likeness (QED) is 0.126. The summed E-state index contributed by atoms with van der Waals surface area (Å²) in [5, 5.41) is 5.89. The molecular weight excluding hydrogens is 672 g/mol. The Morgan fingerprint density at radius 1 is 0.390 bits per heavy atom. The predicted molar refractivity (Wildman–Crippen MR) is 186 cm³/mol. The Hall–Kier alpha value is -1.02. The van der Waals surface area contributed by atoms with Crippen LogP contribution in [0.2, 0.25) is 0 Å². The van der Waals surface area contributed by atoms with Crippen molar-refractivity contribution >= 4 is 51.2 Å². The van der Waals surface area contributed by atoms with Crippen LogP contribution in [0.1, 0.15) is 64.2 Å². The minimum absolute atomic E-state index is 0.552. The number of halogens is 2. The molecule has 5 heteroatoms. The summed E-state index contributed by atoms with van der Waals surface area (Å²) in [6.45, 7) is 0. The molecule has 0 atom stereocenters. The van der Waals surface area contributed by atoms with Crippen LogP contribution >= 0.6 is 30.0 Å². The zero-order chi connectivity index (χ0) is 28.2. The van der Waals surface area contributed by atoms with Gasteiger partial charge >= 0.3 is 261 Å². The molecule has 4 aromatic carbocycles. The van der Waals surface area contributed by atoms with E-state index in [0.717, 1.165) is 0 Å². The first-order valence-electron chi connectivity index (χ1n) is 15.4. The molecule has 0 unspecified atom stereocenters. The number of hydrogen-bond donors (Lipinski definition) is 0. The van der Waals surface area contributed by atoms with Crippen molar-refractivity contribution in [1.29, 1.82) is 0 Å². The van der Waals surface area contributed by atoms with E-state index in [1.807, 2.05) is 0 Å². The van der Waals surface area contributed by atoms with Gasteiger partial charge < -0.3 is 0 Å². The molecule has 0 amide bonds. The maximum absolute atomic E-state index is 8.83. The zero-order valence-corrected chi connectivity index (χ0v) is 28.9. The Morgan fingerprint density at radius 2 is 0.634 bits per heavy atom. The Morgan fingerprint density at radius 3 is 0.878 bits per heavy atom. The molecule has 0 saturated heterocycles. The Labute approximate surface area is 258 Å². The summed E-state index contributed by atoms with van der Waals surface area (Å²) >= 11 is -3.36. The Balaban J connectivity index is 1.76. The van der Waals surface area contributed by atoms with Gasteiger partial charge in [-0.1, -0.05) is 0 Å². The fourth-order valence-corrected chi connectivity index (χ4v) is 72.4. The molecule has 2 aliphatic rings. The van der Waals surface area contributed by atoms with Crippen LogP contribution in [0.3, 0.4) is 0 Å². The molecule has 41 heavy (non-hydrogen) atoms. The van der Waals surface area contributed by atoms with Crippen LogP contribution in [-0.2, 0) is 12.5 Å². The molecule has 0 heterocycles. The summed E-state index contributed by atoms with van der Waals surface area (Å²) in [6, 6.07) is 46.0. The second-order valence-electron chi connectivity index (χ2n) is 11.8. The summed E-state index contributed by atoms with van der Waals surface area (Å²) in [4.78, 5) is 0. The summed E-state index contributed by atoms with van der Waals surface area (Å²) in [5.74, 6) is 0. The average molecular weight is 716 g/mol. The van der Waals surface area contributed by atoms with E-state index in [-0.39, 0.29) is 0 Å². The average Bonchev–Trinajstić information content (AvgIpc) is 3.05. The Bertz CT molecular complexity index is 1180. The summed E-state index contributed by atoms with van der Waals surface area (Å²) in [5.41, 5.74) is -4.33. The third kappa shape index (κ3) is 5.23. The van der Waals surface area contributed by atoms with Crippen LogP contribution in [0.5, 0.6) is 0 Å². The molecule has 0 aliphatic heterocycles. The second-order valence-corrected chi connectivity index (χ2v) is 44.8. The van der Waals surface area contributed by atoms with Crippen molar-refractivity contribution in [2.75, 3.05) is 0 Å². The van der Waals surface area contributed by atoms with Gasteiger partial charge in [0.15, 0.2) is 0 Å². The zero-order valence-electron chi connectivity index (χ0n) is 23.8. The van der Waals surface area contributed by atoms with Gasteiger partial charge in [-0.2, -0.15) is 0 Å². The van der Waals surface area contributed by atoms with E-state index in [0.29, 0.717) is 11.3 Å². The van der Waals surface area contributed by atoms with Crippen LogP contribution in [0, 0.1) is 0 Å². The fraction of sp³-hybridized carbons (Fsp3) is 0.333. The number of hydrogen-bond acceptors (Lipinski definition) is 0. The molecule has 0 radical (unpaired) electrons. The van der Waals surface area contributed by atoms with Crippen molar-refractivity contribution in [3.05, 3.63) is 121 Å². The van der Waals surface area contributed by atoms with Crippen LogP contribution in [-0.4, -0.2) is 11.3 Å². The standard InChI is InChI=1S/2C18H21P.2ClH.Pd/c2*1-4-10-16(11-5-1)19(17-12-6-2-7-13-17)18-14-8-3-9-15-18;;;/h2*1-2,4-7,10-13,18H,3,8-9,14-15H2;2*1H;. The molecule has 4 aromatic rings. The summed E-state index contributed by atoms with van der Waals surface area (Å²) < 4.78 is 0. The molecule has 2 aliphatic carbocycles. The molecule has 222 valence electrons. The van der Waals surface area contributed by atoms with Crippen molar-refractivity contribution in [2.45, 2.75) is 75.5 Å². The van der Waals surface area contributed by atoms with Gasteiger partial charge in [0.05, 0.1) is 0 Å². The molecule has 0 spiro atoms. The predicted octanol–water partition coefficient (Wildman–Crippen LogP) is 9.75. The third-order valence-corrected chi connectivity index (χ3v) is 59.4. The molecule has 6 rings (SSSR count). The van der Waals surface area contributed by atoms with Gasteiger partial charge in [0.1, 0.15) is 0 Å². The van der Waals surface area contributed by atoms with E-state index in [1.54, 1.807) is 0 Å². The topological polar surface area (TPSA) is 0 Å². The van der Waals surface area contributed by atoms with E-state index >= 15 is 0 Å². The monoisotopic (exact) mass is 714 g/mol. The van der Waals surface area contributed by atoms with Crippen molar-refractivity contribution in [3.8, 4) is 0 Å². The molecule has 0 N–H and O–H groups in total. The fourth-order valence-electron chi connectivity index (χ4n) is 7.90. The minimum atomic E-state index is -3.36. The molecular formula is C36H44Cl2P2Pd. The van der Waals surface area contributed by atoms with Crippen LogP contribution < -0.4 is 21.2 Å². The summed E-state index contributed by atoms with van der Waals surface area (Å²) in [6.07, 6.45) is 12.8. The van der Waals surface area contributed by atoms with Gasteiger partial charge in [-0.15, -0.1) is 0 Å². The van der Waals surface area contributed by atoms with Crippen LogP contribution in [0.25, 0.3) is 0 Å². The van der Waals surface area contributed by atoms with Crippen molar-refractivity contribution in [2.24, 2.45) is 0 Å². The van der Waals surface area contributed by atoms with Gasteiger partial charge in [0.2, 0.25) is 0 Å².